The van der Waals surface area contributed by atoms with Crippen molar-refractivity contribution in [2.45, 2.75) is 25.9 Å². The van der Waals surface area contributed by atoms with E-state index in [0.29, 0.717) is 28.4 Å². The van der Waals surface area contributed by atoms with Gasteiger partial charge in [-0.3, -0.25) is 0 Å². The number of hydrogen-bond acceptors (Lipinski definition) is 6. The minimum absolute atomic E-state index is 0.187. The van der Waals surface area contributed by atoms with Crippen LogP contribution in [0.2, 0.25) is 0 Å². The monoisotopic (exact) mass is 356 g/mol. The second kappa shape index (κ2) is 6.25. The molecule has 1 unspecified atom stereocenters. The maximum atomic E-state index is 13.7. The Morgan fingerprint density at radius 3 is 2.96 bits per heavy atom. The molecule has 2 atom stereocenters. The van der Waals surface area contributed by atoms with Crippen molar-refractivity contribution in [3.63, 3.8) is 0 Å². The van der Waals surface area contributed by atoms with Crippen LogP contribution in [0.5, 0.6) is 5.88 Å². The Morgan fingerprint density at radius 2 is 2.12 bits per heavy atom. The molecule has 0 fully saturated rings. The second-order valence-corrected chi connectivity index (χ2v) is 6.23. The Kier molecular flexibility index (Phi) is 3.90. The van der Waals surface area contributed by atoms with Gasteiger partial charge < -0.3 is 15.4 Å². The van der Waals surface area contributed by atoms with Gasteiger partial charge in [-0.25, -0.2) is 28.7 Å². The van der Waals surface area contributed by atoms with E-state index in [-0.39, 0.29) is 24.7 Å². The molecule has 8 nitrogen and oxygen atoms in total. The number of carbonyl (C=O) groups is 1. The number of imidazole rings is 1. The van der Waals surface area contributed by atoms with E-state index < -0.39 is 5.82 Å². The molecule has 0 spiro atoms. The third-order valence-electron chi connectivity index (χ3n) is 4.13. The number of ether oxygens (including phenoxy) is 1. The van der Waals surface area contributed by atoms with Crippen LogP contribution in [0.4, 0.5) is 15.0 Å². The standard InChI is InChI=1S/C17H17FN6O2/c1-9-7-26-16-12(5-11(18)6-19-16)10(2)22-14-4-3-13-15(23-14)24(8-20-13)17(25)21-9/h3-6,8-10H,7H2,1-2H3,(H,21,25)(H,22,23)/t9-,10?/m0/s1. The molecule has 2 bridgehead atoms. The fourth-order valence-corrected chi connectivity index (χ4v) is 2.82. The molecule has 134 valence electrons. The average Bonchev–Trinajstić information content (AvgIpc) is 3.03. The maximum Gasteiger partial charge on any atom is 0.328 e. The van der Waals surface area contributed by atoms with Crippen molar-refractivity contribution < 1.29 is 13.9 Å². The van der Waals surface area contributed by atoms with Gasteiger partial charge in [-0.1, -0.05) is 0 Å². The fraction of sp³-hybridized carbons (Fsp3) is 0.294. The molecule has 0 saturated carbocycles. The van der Waals surface area contributed by atoms with Crippen LogP contribution < -0.4 is 15.4 Å². The van der Waals surface area contributed by atoms with E-state index in [4.69, 9.17) is 4.74 Å². The molecule has 1 amide bonds. The number of anilines is 1. The highest BCUT2D eigenvalue weighted by molar-refractivity contribution is 5.87. The van der Waals surface area contributed by atoms with E-state index in [1.165, 1.54) is 17.0 Å². The molecule has 0 radical (unpaired) electrons. The minimum atomic E-state index is -0.451. The van der Waals surface area contributed by atoms with E-state index in [1.54, 1.807) is 19.1 Å². The molecule has 0 aromatic carbocycles. The lowest BCUT2D eigenvalue weighted by atomic mass is 10.1. The van der Waals surface area contributed by atoms with Gasteiger partial charge in [-0.15, -0.1) is 0 Å². The third-order valence-corrected chi connectivity index (χ3v) is 4.13. The third kappa shape index (κ3) is 2.92. The summed E-state index contributed by atoms with van der Waals surface area (Å²) in [7, 11) is 0. The first-order valence-electron chi connectivity index (χ1n) is 8.21. The Bertz CT molecular complexity index is 989. The van der Waals surface area contributed by atoms with Gasteiger partial charge in [0.05, 0.1) is 18.3 Å². The summed E-state index contributed by atoms with van der Waals surface area (Å²) in [6.07, 6.45) is 2.54. The van der Waals surface area contributed by atoms with E-state index >= 15 is 0 Å². The molecule has 3 aromatic rings. The van der Waals surface area contributed by atoms with Gasteiger partial charge in [0.2, 0.25) is 5.88 Å². The van der Waals surface area contributed by atoms with Gasteiger partial charge in [0.15, 0.2) is 5.65 Å². The summed E-state index contributed by atoms with van der Waals surface area (Å²) in [4.78, 5) is 25.2. The van der Waals surface area contributed by atoms with Crippen LogP contribution in [0, 0.1) is 5.82 Å². The fourth-order valence-electron chi connectivity index (χ4n) is 2.82. The predicted molar refractivity (Wildman–Crippen MR) is 92.6 cm³/mol. The Morgan fingerprint density at radius 1 is 1.27 bits per heavy atom. The highest BCUT2D eigenvalue weighted by atomic mass is 19.1. The van der Waals surface area contributed by atoms with Crippen molar-refractivity contribution in [2.75, 3.05) is 11.9 Å². The first-order chi connectivity index (χ1) is 12.5. The maximum absolute atomic E-state index is 13.7. The highest BCUT2D eigenvalue weighted by Crippen LogP contribution is 2.27. The van der Waals surface area contributed by atoms with Crippen molar-refractivity contribution in [3.05, 3.63) is 42.1 Å². The summed E-state index contributed by atoms with van der Waals surface area (Å²) in [6, 6.07) is 3.94. The number of fused-ring (bicyclic) bond motifs is 2. The average molecular weight is 356 g/mol. The van der Waals surface area contributed by atoms with Crippen LogP contribution in [-0.2, 0) is 0 Å². The zero-order chi connectivity index (χ0) is 18.3. The lowest BCUT2D eigenvalue weighted by Gasteiger charge is -2.19. The van der Waals surface area contributed by atoms with Gasteiger partial charge >= 0.3 is 6.03 Å². The Balaban J connectivity index is 1.82. The molecule has 9 heteroatoms. The van der Waals surface area contributed by atoms with E-state index in [1.807, 2.05) is 6.92 Å². The zero-order valence-corrected chi connectivity index (χ0v) is 14.2. The largest absolute Gasteiger partial charge is 0.475 e. The number of amides is 1. The van der Waals surface area contributed by atoms with Gasteiger partial charge in [0.1, 0.15) is 30.1 Å². The molecule has 4 rings (SSSR count). The molecular weight excluding hydrogens is 339 g/mol. The quantitative estimate of drug-likeness (QED) is 0.643. The SMILES string of the molecule is CC1Nc2ccc3ncn(c3n2)C(=O)N[C@@H](C)COc2ncc(F)cc21. The van der Waals surface area contributed by atoms with Crippen molar-refractivity contribution >= 4 is 23.0 Å². The number of nitrogens with zero attached hydrogens (tertiary/aromatic N) is 4. The molecular formula is C17H17FN6O2. The number of pyridine rings is 2. The van der Waals surface area contributed by atoms with Crippen LogP contribution in [0.15, 0.2) is 30.7 Å². The Labute approximate surface area is 148 Å². The summed E-state index contributed by atoms with van der Waals surface area (Å²) in [5.74, 6) is 0.393. The first-order valence-corrected chi connectivity index (χ1v) is 8.21. The molecule has 0 saturated heterocycles. The lowest BCUT2D eigenvalue weighted by Crippen LogP contribution is -2.39. The topological polar surface area (TPSA) is 94.0 Å². The number of halogens is 1. The first kappa shape index (κ1) is 16.2. The van der Waals surface area contributed by atoms with Crippen LogP contribution in [-0.4, -0.2) is 38.2 Å². The minimum Gasteiger partial charge on any atom is -0.475 e. The van der Waals surface area contributed by atoms with Crippen molar-refractivity contribution in [1.29, 1.82) is 0 Å². The van der Waals surface area contributed by atoms with Gasteiger partial charge in [-0.05, 0) is 32.0 Å². The predicted octanol–water partition coefficient (Wildman–Crippen LogP) is 2.48. The molecule has 3 aromatic heterocycles. The van der Waals surface area contributed by atoms with E-state index in [9.17, 15) is 9.18 Å². The van der Waals surface area contributed by atoms with Crippen molar-refractivity contribution in [1.82, 2.24) is 24.8 Å². The van der Waals surface area contributed by atoms with Crippen LogP contribution in [0.1, 0.15) is 25.5 Å². The van der Waals surface area contributed by atoms with Gasteiger partial charge in [-0.2, -0.15) is 0 Å². The molecule has 4 heterocycles. The summed E-state index contributed by atoms with van der Waals surface area (Å²) in [5, 5.41) is 6.02. The smallest absolute Gasteiger partial charge is 0.328 e. The summed E-state index contributed by atoms with van der Waals surface area (Å²) < 4.78 is 20.8. The van der Waals surface area contributed by atoms with Crippen molar-refractivity contribution in [3.8, 4) is 5.88 Å². The molecule has 26 heavy (non-hydrogen) atoms. The van der Waals surface area contributed by atoms with E-state index in [0.717, 1.165) is 6.20 Å². The summed E-state index contributed by atoms with van der Waals surface area (Å²) in [5.41, 5.74) is 1.60. The normalized spacial score (nSPS) is 20.2. The molecule has 0 aliphatic carbocycles. The number of aromatic nitrogens is 4. The van der Waals surface area contributed by atoms with Crippen LogP contribution in [0.3, 0.4) is 0 Å². The number of nitrogens with one attached hydrogen (secondary N) is 2. The zero-order valence-electron chi connectivity index (χ0n) is 14.2. The molecule has 1 aliphatic rings. The van der Waals surface area contributed by atoms with Crippen LogP contribution >= 0.6 is 0 Å². The number of rotatable bonds is 0. The van der Waals surface area contributed by atoms with E-state index in [2.05, 4.69) is 25.6 Å². The second-order valence-electron chi connectivity index (χ2n) is 6.23. The Hall–Kier alpha value is -3.23. The van der Waals surface area contributed by atoms with Gasteiger partial charge in [0.25, 0.3) is 0 Å². The molecule has 2 N–H and O–H groups in total. The summed E-state index contributed by atoms with van der Waals surface area (Å²) >= 11 is 0. The van der Waals surface area contributed by atoms with Crippen LogP contribution in [0.25, 0.3) is 11.2 Å². The lowest BCUT2D eigenvalue weighted by molar-refractivity contribution is 0.226. The molecule has 1 aliphatic heterocycles. The number of hydrogen-bond donors (Lipinski definition) is 2. The summed E-state index contributed by atoms with van der Waals surface area (Å²) in [6.45, 7) is 3.85. The van der Waals surface area contributed by atoms with Gasteiger partial charge in [0, 0.05) is 5.56 Å². The van der Waals surface area contributed by atoms with Crippen molar-refractivity contribution in [2.24, 2.45) is 0 Å². The number of carbonyl (C=O) groups excluding carboxylic acids is 1. The highest BCUT2D eigenvalue weighted by Gasteiger charge is 2.20.